The molecule has 1 N–H and O–H groups in total. The molecule has 2 aromatic rings. The van der Waals surface area contributed by atoms with Gasteiger partial charge in [-0.1, -0.05) is 24.3 Å². The minimum atomic E-state index is -4.82. The second-order valence-electron chi connectivity index (χ2n) is 5.81. The Morgan fingerprint density at radius 2 is 1.88 bits per heavy atom. The van der Waals surface area contributed by atoms with Gasteiger partial charge in [0.25, 0.3) is 0 Å². The zero-order valence-corrected chi connectivity index (χ0v) is 12.6. The van der Waals surface area contributed by atoms with E-state index < -0.39 is 23.5 Å². The fourth-order valence-electron chi connectivity index (χ4n) is 2.91. The van der Waals surface area contributed by atoms with Crippen molar-refractivity contribution < 1.29 is 27.1 Å². The van der Waals surface area contributed by atoms with Gasteiger partial charge in [-0.05, 0) is 42.7 Å². The minimum absolute atomic E-state index is 0.0102. The maximum absolute atomic E-state index is 13.3. The number of carbonyl (C=O) groups excluding carboxylic acids is 1. The highest BCUT2D eigenvalue weighted by molar-refractivity contribution is 6.06. The summed E-state index contributed by atoms with van der Waals surface area (Å²) in [6.45, 7) is 1.61. The van der Waals surface area contributed by atoms with E-state index in [1.165, 1.54) is 36.4 Å². The third-order valence-corrected chi connectivity index (χ3v) is 4.07. The molecule has 0 aromatic heterocycles. The second-order valence-corrected chi connectivity index (χ2v) is 5.81. The van der Waals surface area contributed by atoms with Crippen LogP contribution in [-0.2, 0) is 16.6 Å². The van der Waals surface area contributed by atoms with Gasteiger partial charge in [-0.25, -0.2) is 4.39 Å². The monoisotopic (exact) mass is 339 g/mol. The Bertz CT molecular complexity index is 803. The molecule has 3 rings (SSSR count). The number of halogens is 4. The van der Waals surface area contributed by atoms with E-state index in [1.807, 2.05) is 0 Å². The maximum atomic E-state index is 13.3. The van der Waals surface area contributed by atoms with Crippen molar-refractivity contribution in [1.82, 2.24) is 0 Å². The number of rotatable bonds is 3. The SMILES string of the molecule is CC1(Cc2ccccc2OC(F)(F)F)C(=O)Nc2cc(F)ccc21. The number of hydrogen-bond donors (Lipinski definition) is 1. The van der Waals surface area contributed by atoms with Crippen molar-refractivity contribution in [1.29, 1.82) is 0 Å². The van der Waals surface area contributed by atoms with Gasteiger partial charge in [0.05, 0.1) is 5.41 Å². The van der Waals surface area contributed by atoms with Crippen LogP contribution >= 0.6 is 0 Å². The molecule has 0 saturated carbocycles. The first kappa shape index (κ1) is 16.3. The summed E-state index contributed by atoms with van der Waals surface area (Å²) in [7, 11) is 0. The molecule has 0 bridgehead atoms. The molecule has 0 fully saturated rings. The van der Waals surface area contributed by atoms with Gasteiger partial charge in [0, 0.05) is 5.69 Å². The summed E-state index contributed by atoms with van der Waals surface area (Å²) < 4.78 is 55.0. The fourth-order valence-corrected chi connectivity index (χ4v) is 2.91. The van der Waals surface area contributed by atoms with Crippen LogP contribution in [0.15, 0.2) is 42.5 Å². The predicted molar refractivity (Wildman–Crippen MR) is 79.2 cm³/mol. The molecule has 3 nitrogen and oxygen atoms in total. The third-order valence-electron chi connectivity index (χ3n) is 4.07. The number of alkyl halides is 3. The molecule has 1 heterocycles. The van der Waals surface area contributed by atoms with Crippen LogP contribution < -0.4 is 10.1 Å². The smallest absolute Gasteiger partial charge is 0.406 e. The lowest BCUT2D eigenvalue weighted by molar-refractivity contribution is -0.274. The molecule has 0 spiro atoms. The number of nitrogens with one attached hydrogen (secondary N) is 1. The molecule has 1 aliphatic heterocycles. The molecule has 0 saturated heterocycles. The molecular formula is C17H13F4NO2. The quantitative estimate of drug-likeness (QED) is 0.852. The van der Waals surface area contributed by atoms with Gasteiger partial charge < -0.3 is 10.1 Å². The normalized spacial score (nSPS) is 19.8. The van der Waals surface area contributed by atoms with E-state index in [0.717, 1.165) is 0 Å². The van der Waals surface area contributed by atoms with Gasteiger partial charge in [-0.15, -0.1) is 13.2 Å². The van der Waals surface area contributed by atoms with Crippen LogP contribution in [0.3, 0.4) is 0 Å². The van der Waals surface area contributed by atoms with E-state index >= 15 is 0 Å². The van der Waals surface area contributed by atoms with Crippen molar-refractivity contribution in [2.24, 2.45) is 0 Å². The Morgan fingerprint density at radius 1 is 1.17 bits per heavy atom. The number of ether oxygens (including phenoxy) is 1. The highest BCUT2D eigenvalue weighted by atomic mass is 19.4. The van der Waals surface area contributed by atoms with Crippen molar-refractivity contribution >= 4 is 11.6 Å². The Hall–Kier alpha value is -2.57. The zero-order valence-electron chi connectivity index (χ0n) is 12.6. The standard InChI is InChI=1S/C17H13F4NO2/c1-16(12-7-6-11(18)8-13(12)22-15(16)23)9-10-4-2-3-5-14(10)24-17(19,20)21/h2-8H,9H2,1H3,(H,22,23). The van der Waals surface area contributed by atoms with E-state index in [-0.39, 0.29) is 17.7 Å². The Kier molecular flexibility index (Phi) is 3.74. The molecule has 0 aliphatic carbocycles. The summed E-state index contributed by atoms with van der Waals surface area (Å²) in [5, 5.41) is 2.57. The van der Waals surface area contributed by atoms with Crippen LogP contribution in [0.25, 0.3) is 0 Å². The lowest BCUT2D eigenvalue weighted by Crippen LogP contribution is -2.33. The number of hydrogen-bond acceptors (Lipinski definition) is 2. The Labute approximate surface area is 135 Å². The first-order valence-electron chi connectivity index (χ1n) is 7.14. The first-order chi connectivity index (χ1) is 11.2. The topological polar surface area (TPSA) is 38.3 Å². The molecule has 1 amide bonds. The van der Waals surface area contributed by atoms with Gasteiger partial charge in [0.15, 0.2) is 0 Å². The van der Waals surface area contributed by atoms with Crippen molar-refractivity contribution in [3.8, 4) is 5.75 Å². The molecule has 7 heteroatoms. The van der Waals surface area contributed by atoms with Crippen molar-refractivity contribution in [2.45, 2.75) is 25.1 Å². The molecule has 24 heavy (non-hydrogen) atoms. The Balaban J connectivity index is 1.99. The minimum Gasteiger partial charge on any atom is -0.406 e. The van der Waals surface area contributed by atoms with E-state index in [2.05, 4.69) is 10.1 Å². The lowest BCUT2D eigenvalue weighted by atomic mass is 9.78. The Morgan fingerprint density at radius 3 is 2.58 bits per heavy atom. The number of carbonyl (C=O) groups is 1. The summed E-state index contributed by atoms with van der Waals surface area (Å²) in [6.07, 6.45) is -4.83. The van der Waals surface area contributed by atoms with E-state index in [4.69, 9.17) is 0 Å². The summed E-state index contributed by atoms with van der Waals surface area (Å²) >= 11 is 0. The average molecular weight is 339 g/mol. The van der Waals surface area contributed by atoms with Crippen LogP contribution in [0, 0.1) is 5.82 Å². The van der Waals surface area contributed by atoms with E-state index in [0.29, 0.717) is 11.3 Å². The summed E-state index contributed by atoms with van der Waals surface area (Å²) in [6, 6.07) is 9.54. The molecule has 1 aliphatic rings. The third kappa shape index (κ3) is 2.93. The van der Waals surface area contributed by atoms with Gasteiger partial charge in [0.1, 0.15) is 11.6 Å². The summed E-state index contributed by atoms with van der Waals surface area (Å²) in [5.41, 5.74) is -0.00856. The van der Waals surface area contributed by atoms with Crippen molar-refractivity contribution in [3.63, 3.8) is 0 Å². The van der Waals surface area contributed by atoms with Crippen LogP contribution in [0.1, 0.15) is 18.1 Å². The average Bonchev–Trinajstić information content (AvgIpc) is 2.70. The van der Waals surface area contributed by atoms with Crippen LogP contribution in [0.5, 0.6) is 5.75 Å². The highest BCUT2D eigenvalue weighted by Gasteiger charge is 2.43. The second kappa shape index (κ2) is 5.51. The number of amides is 1. The van der Waals surface area contributed by atoms with E-state index in [9.17, 15) is 22.4 Å². The fraction of sp³-hybridized carbons (Fsp3) is 0.235. The molecule has 1 atom stereocenters. The highest BCUT2D eigenvalue weighted by Crippen LogP contribution is 2.42. The van der Waals surface area contributed by atoms with Gasteiger partial charge in [-0.3, -0.25) is 4.79 Å². The molecule has 1 unspecified atom stereocenters. The van der Waals surface area contributed by atoms with Crippen molar-refractivity contribution in [3.05, 3.63) is 59.4 Å². The van der Waals surface area contributed by atoms with E-state index in [1.54, 1.807) is 13.0 Å². The van der Waals surface area contributed by atoms with Gasteiger partial charge >= 0.3 is 6.36 Å². The summed E-state index contributed by atoms with van der Waals surface area (Å²) in [4.78, 5) is 12.4. The zero-order chi connectivity index (χ0) is 17.5. The largest absolute Gasteiger partial charge is 0.573 e. The molecular weight excluding hydrogens is 326 g/mol. The van der Waals surface area contributed by atoms with Crippen LogP contribution in [0.4, 0.5) is 23.2 Å². The molecule has 0 radical (unpaired) electrons. The lowest BCUT2D eigenvalue weighted by Gasteiger charge is -2.24. The number of anilines is 1. The number of fused-ring (bicyclic) bond motifs is 1. The van der Waals surface area contributed by atoms with Crippen LogP contribution in [0.2, 0.25) is 0 Å². The van der Waals surface area contributed by atoms with Gasteiger partial charge in [-0.2, -0.15) is 0 Å². The molecule has 126 valence electrons. The number of benzene rings is 2. The molecule has 2 aromatic carbocycles. The van der Waals surface area contributed by atoms with Crippen LogP contribution in [-0.4, -0.2) is 12.3 Å². The predicted octanol–water partition coefficient (Wildman–Crippen LogP) is 4.18. The first-order valence-corrected chi connectivity index (χ1v) is 7.14. The maximum Gasteiger partial charge on any atom is 0.573 e. The number of para-hydroxylation sites is 1. The van der Waals surface area contributed by atoms with Gasteiger partial charge in [0.2, 0.25) is 5.91 Å². The summed E-state index contributed by atoms with van der Waals surface area (Å²) in [5.74, 6) is -1.25. The van der Waals surface area contributed by atoms with Crippen molar-refractivity contribution in [2.75, 3.05) is 5.32 Å².